The molecule has 0 unspecified atom stereocenters. The van der Waals surface area contributed by atoms with Crippen LogP contribution in [0.15, 0.2) is 0 Å². The van der Waals surface area contributed by atoms with E-state index in [9.17, 15) is 14.4 Å². The Hall–Kier alpha value is -1.59. The summed E-state index contributed by atoms with van der Waals surface area (Å²) in [6.07, 6.45) is 46.7. The number of unbranched alkanes of at least 4 members (excludes halogenated alkanes) is 31. The minimum atomic E-state index is -0.763. The standard InChI is InChI=1S/C55H106O6/c1-49(2)41-35-29-23-17-13-10-8-7-9-11-15-19-26-32-38-44-53(56)59-47-52(48-60-54(57)45-39-33-27-22-21-25-31-37-43-51(5)6)61-55(58)46-40-34-28-20-16-12-14-18-24-30-36-42-50(3)4/h49-52H,7-48H2,1-6H3/t52-/m1/s1. The Bertz CT molecular complexity index is 945. The molecule has 0 rings (SSSR count). The fourth-order valence-electron chi connectivity index (χ4n) is 8.29. The molecule has 0 aromatic rings. The summed E-state index contributed by atoms with van der Waals surface area (Å²) in [5.41, 5.74) is 0. The number of rotatable bonds is 48. The van der Waals surface area contributed by atoms with Gasteiger partial charge in [0, 0.05) is 19.3 Å². The van der Waals surface area contributed by atoms with Crippen molar-refractivity contribution in [2.75, 3.05) is 13.2 Å². The van der Waals surface area contributed by atoms with Crippen LogP contribution < -0.4 is 0 Å². The number of carbonyl (C=O) groups excluding carboxylic acids is 3. The largest absolute Gasteiger partial charge is 0.462 e. The lowest BCUT2D eigenvalue weighted by Crippen LogP contribution is -2.30. The summed E-state index contributed by atoms with van der Waals surface area (Å²) in [5.74, 6) is 1.62. The Morgan fingerprint density at radius 1 is 0.279 bits per heavy atom. The maximum atomic E-state index is 12.8. The molecule has 0 aliphatic heterocycles. The van der Waals surface area contributed by atoms with Gasteiger partial charge < -0.3 is 14.2 Å². The van der Waals surface area contributed by atoms with Crippen molar-refractivity contribution in [1.82, 2.24) is 0 Å². The third-order valence-corrected chi connectivity index (χ3v) is 12.4. The smallest absolute Gasteiger partial charge is 0.306 e. The van der Waals surface area contributed by atoms with E-state index in [1.807, 2.05) is 0 Å². The van der Waals surface area contributed by atoms with Crippen molar-refractivity contribution in [2.24, 2.45) is 17.8 Å². The molecule has 6 nitrogen and oxygen atoms in total. The highest BCUT2D eigenvalue weighted by atomic mass is 16.6. The van der Waals surface area contributed by atoms with Gasteiger partial charge >= 0.3 is 17.9 Å². The van der Waals surface area contributed by atoms with E-state index in [0.717, 1.165) is 75.5 Å². The highest BCUT2D eigenvalue weighted by molar-refractivity contribution is 5.71. The van der Waals surface area contributed by atoms with Gasteiger partial charge in [0.25, 0.3) is 0 Å². The van der Waals surface area contributed by atoms with Crippen molar-refractivity contribution < 1.29 is 28.6 Å². The van der Waals surface area contributed by atoms with Gasteiger partial charge in [0.15, 0.2) is 6.10 Å². The van der Waals surface area contributed by atoms with E-state index in [1.165, 1.54) is 180 Å². The van der Waals surface area contributed by atoms with E-state index < -0.39 is 6.10 Å². The SMILES string of the molecule is CC(C)CCCCCCCCCCCCCCCCCC(=O)OC[C@H](COC(=O)CCCCCCCCCCC(C)C)OC(=O)CCCCCCCCCCCCCC(C)C. The van der Waals surface area contributed by atoms with Gasteiger partial charge in [0.05, 0.1) is 0 Å². The van der Waals surface area contributed by atoms with Crippen LogP contribution in [-0.4, -0.2) is 37.2 Å². The molecule has 0 radical (unpaired) electrons. The Balaban J connectivity index is 4.28. The van der Waals surface area contributed by atoms with Gasteiger partial charge in [-0.1, -0.05) is 260 Å². The molecule has 0 bridgehead atoms. The molecular formula is C55H106O6. The molecular weight excluding hydrogens is 757 g/mol. The van der Waals surface area contributed by atoms with Crippen molar-refractivity contribution in [2.45, 2.75) is 304 Å². The first kappa shape index (κ1) is 59.4. The number of ether oxygens (including phenoxy) is 3. The molecule has 0 aliphatic rings. The van der Waals surface area contributed by atoms with Gasteiger partial charge in [-0.05, 0) is 37.0 Å². The number of hydrogen-bond donors (Lipinski definition) is 0. The first-order valence-corrected chi connectivity index (χ1v) is 27.1. The van der Waals surface area contributed by atoms with E-state index in [0.29, 0.717) is 19.3 Å². The Kier molecular flexibility index (Phi) is 45.2. The van der Waals surface area contributed by atoms with Crippen LogP contribution >= 0.6 is 0 Å². The summed E-state index contributed by atoms with van der Waals surface area (Å²) in [6, 6.07) is 0. The molecule has 0 aliphatic carbocycles. The first-order valence-electron chi connectivity index (χ1n) is 27.1. The van der Waals surface area contributed by atoms with E-state index in [4.69, 9.17) is 14.2 Å². The van der Waals surface area contributed by atoms with Gasteiger partial charge in [-0.2, -0.15) is 0 Å². The zero-order chi connectivity index (χ0) is 44.9. The molecule has 0 saturated carbocycles. The van der Waals surface area contributed by atoms with Crippen LogP contribution in [0.5, 0.6) is 0 Å². The third-order valence-electron chi connectivity index (χ3n) is 12.4. The van der Waals surface area contributed by atoms with Crippen molar-refractivity contribution in [3.8, 4) is 0 Å². The maximum absolute atomic E-state index is 12.8. The number of esters is 3. The second-order valence-corrected chi connectivity index (χ2v) is 20.3. The quantitative estimate of drug-likeness (QED) is 0.0344. The second kappa shape index (κ2) is 46.4. The van der Waals surface area contributed by atoms with E-state index in [2.05, 4.69) is 41.5 Å². The van der Waals surface area contributed by atoms with Gasteiger partial charge in [0.2, 0.25) is 0 Å². The number of carbonyl (C=O) groups is 3. The third kappa shape index (κ3) is 49.3. The van der Waals surface area contributed by atoms with Crippen molar-refractivity contribution in [3.63, 3.8) is 0 Å². The fourth-order valence-corrected chi connectivity index (χ4v) is 8.29. The lowest BCUT2D eigenvalue weighted by molar-refractivity contribution is -0.167. The molecule has 0 fully saturated rings. The van der Waals surface area contributed by atoms with Crippen LogP contribution in [0.3, 0.4) is 0 Å². The highest BCUT2D eigenvalue weighted by Crippen LogP contribution is 2.18. The predicted molar refractivity (Wildman–Crippen MR) is 261 cm³/mol. The van der Waals surface area contributed by atoms with Crippen molar-refractivity contribution >= 4 is 17.9 Å². The summed E-state index contributed by atoms with van der Waals surface area (Å²) < 4.78 is 16.8. The van der Waals surface area contributed by atoms with Crippen LogP contribution in [0.1, 0.15) is 298 Å². The average molecular weight is 863 g/mol. The zero-order valence-corrected chi connectivity index (χ0v) is 42.0. The first-order chi connectivity index (χ1) is 29.6. The second-order valence-electron chi connectivity index (χ2n) is 20.3. The summed E-state index contributed by atoms with van der Waals surface area (Å²) in [7, 11) is 0. The lowest BCUT2D eigenvalue weighted by Gasteiger charge is -2.18. The maximum Gasteiger partial charge on any atom is 0.306 e. The minimum Gasteiger partial charge on any atom is -0.462 e. The van der Waals surface area contributed by atoms with Crippen molar-refractivity contribution in [1.29, 1.82) is 0 Å². The molecule has 362 valence electrons. The molecule has 61 heavy (non-hydrogen) atoms. The lowest BCUT2D eigenvalue weighted by atomic mass is 10.0. The molecule has 0 aromatic carbocycles. The van der Waals surface area contributed by atoms with E-state index in [1.54, 1.807) is 0 Å². The topological polar surface area (TPSA) is 78.9 Å². The summed E-state index contributed by atoms with van der Waals surface area (Å²) >= 11 is 0. The minimum absolute atomic E-state index is 0.0644. The Morgan fingerprint density at radius 2 is 0.475 bits per heavy atom. The molecule has 0 N–H and O–H groups in total. The molecule has 1 atom stereocenters. The monoisotopic (exact) mass is 863 g/mol. The molecule has 0 amide bonds. The average Bonchev–Trinajstić information content (AvgIpc) is 3.22. The summed E-state index contributed by atoms with van der Waals surface area (Å²) in [5, 5.41) is 0. The van der Waals surface area contributed by atoms with E-state index in [-0.39, 0.29) is 31.1 Å². The normalized spacial score (nSPS) is 12.1. The number of hydrogen-bond acceptors (Lipinski definition) is 6. The van der Waals surface area contributed by atoms with Crippen LogP contribution in [0.2, 0.25) is 0 Å². The zero-order valence-electron chi connectivity index (χ0n) is 42.0. The van der Waals surface area contributed by atoms with Crippen LogP contribution in [0, 0.1) is 17.8 Å². The molecule has 0 aromatic heterocycles. The Labute approximate surface area is 380 Å². The molecule has 6 heteroatoms. The van der Waals surface area contributed by atoms with Crippen LogP contribution in [-0.2, 0) is 28.6 Å². The molecule has 0 heterocycles. The molecule has 0 spiro atoms. The fraction of sp³-hybridized carbons (Fsp3) is 0.945. The highest BCUT2D eigenvalue weighted by Gasteiger charge is 2.19. The summed E-state index contributed by atoms with van der Waals surface area (Å²) in [4.78, 5) is 38.0. The van der Waals surface area contributed by atoms with Gasteiger partial charge in [-0.3, -0.25) is 14.4 Å². The van der Waals surface area contributed by atoms with Crippen LogP contribution in [0.4, 0.5) is 0 Å². The van der Waals surface area contributed by atoms with E-state index >= 15 is 0 Å². The Morgan fingerprint density at radius 3 is 0.705 bits per heavy atom. The summed E-state index contributed by atoms with van der Waals surface area (Å²) in [6.45, 7) is 13.7. The van der Waals surface area contributed by atoms with Crippen molar-refractivity contribution in [3.05, 3.63) is 0 Å². The van der Waals surface area contributed by atoms with Gasteiger partial charge in [-0.25, -0.2) is 0 Å². The van der Waals surface area contributed by atoms with Gasteiger partial charge in [0.1, 0.15) is 13.2 Å². The van der Waals surface area contributed by atoms with Crippen LogP contribution in [0.25, 0.3) is 0 Å². The molecule has 0 saturated heterocycles. The predicted octanol–water partition coefficient (Wildman–Crippen LogP) is 17.6. The van der Waals surface area contributed by atoms with Gasteiger partial charge in [-0.15, -0.1) is 0 Å².